The van der Waals surface area contributed by atoms with Crippen molar-refractivity contribution in [2.45, 2.75) is 44.3 Å². The molecule has 15 heavy (non-hydrogen) atoms. The highest BCUT2D eigenvalue weighted by Gasteiger charge is 2.20. The average molecular weight is 246 g/mol. The molecule has 1 aliphatic rings. The van der Waals surface area contributed by atoms with E-state index in [1.54, 1.807) is 0 Å². The van der Waals surface area contributed by atoms with Crippen molar-refractivity contribution in [2.24, 2.45) is 5.73 Å². The predicted molar refractivity (Wildman–Crippen MR) is 64.2 cm³/mol. The van der Waals surface area contributed by atoms with Crippen LogP contribution in [-0.4, -0.2) is 17.1 Å². The molecule has 2 rings (SSSR count). The van der Waals surface area contributed by atoms with Crippen LogP contribution in [0.2, 0.25) is 4.47 Å². The lowest BCUT2D eigenvalue weighted by atomic mass is 9.91. The van der Waals surface area contributed by atoms with Crippen molar-refractivity contribution >= 4 is 22.9 Å². The molecule has 1 heterocycles. The fourth-order valence-corrected chi connectivity index (χ4v) is 2.94. The Bertz CT molecular complexity index is 315. The van der Waals surface area contributed by atoms with Crippen LogP contribution in [0.5, 0.6) is 0 Å². The van der Waals surface area contributed by atoms with Gasteiger partial charge in [-0.1, -0.05) is 24.4 Å². The largest absolute Gasteiger partial charge is 0.326 e. The highest BCUT2D eigenvalue weighted by Crippen LogP contribution is 2.20. The summed E-state index contributed by atoms with van der Waals surface area (Å²) in [5.41, 5.74) is 6.05. The maximum absolute atomic E-state index is 6.05. The lowest BCUT2D eigenvalue weighted by Crippen LogP contribution is -2.46. The summed E-state index contributed by atoms with van der Waals surface area (Å²) >= 11 is 7.29. The van der Waals surface area contributed by atoms with Crippen LogP contribution in [-0.2, 0) is 6.54 Å². The van der Waals surface area contributed by atoms with Gasteiger partial charge in [0.2, 0.25) is 0 Å². The molecule has 2 atom stereocenters. The van der Waals surface area contributed by atoms with Gasteiger partial charge in [0.15, 0.2) is 4.47 Å². The number of thiazole rings is 1. The highest BCUT2D eigenvalue weighted by atomic mass is 35.5. The van der Waals surface area contributed by atoms with Gasteiger partial charge < -0.3 is 11.1 Å². The van der Waals surface area contributed by atoms with Crippen LogP contribution in [0.4, 0.5) is 0 Å². The summed E-state index contributed by atoms with van der Waals surface area (Å²) in [7, 11) is 0. The minimum absolute atomic E-state index is 0.308. The SMILES string of the molecule is N[C@H]1CCCC[C@H]1NCc1cnc(Cl)s1. The van der Waals surface area contributed by atoms with E-state index < -0.39 is 0 Å². The Hall–Kier alpha value is -0.160. The standard InChI is InChI=1S/C10H16ClN3S/c11-10-14-6-7(15-10)5-13-9-4-2-1-3-8(9)12/h6,8-9,13H,1-5,12H2/t8-,9+/m0/s1. The minimum atomic E-state index is 0.308. The van der Waals surface area contributed by atoms with Gasteiger partial charge in [0, 0.05) is 29.7 Å². The molecule has 3 N–H and O–H groups in total. The minimum Gasteiger partial charge on any atom is -0.326 e. The molecule has 1 aromatic rings. The number of nitrogens with zero attached hydrogens (tertiary/aromatic N) is 1. The zero-order valence-corrected chi connectivity index (χ0v) is 10.2. The number of nitrogens with one attached hydrogen (secondary N) is 1. The molecule has 1 saturated carbocycles. The predicted octanol–water partition coefficient (Wildman–Crippen LogP) is 2.16. The zero-order valence-electron chi connectivity index (χ0n) is 8.58. The van der Waals surface area contributed by atoms with Crippen LogP contribution in [0.15, 0.2) is 6.20 Å². The molecule has 0 radical (unpaired) electrons. The van der Waals surface area contributed by atoms with Crippen LogP contribution in [0.25, 0.3) is 0 Å². The topological polar surface area (TPSA) is 50.9 Å². The van der Waals surface area contributed by atoms with Crippen LogP contribution in [0.1, 0.15) is 30.6 Å². The second kappa shape index (κ2) is 5.25. The van der Waals surface area contributed by atoms with Crippen molar-refractivity contribution in [1.29, 1.82) is 0 Å². The first kappa shape index (κ1) is 11.3. The lowest BCUT2D eigenvalue weighted by Gasteiger charge is -2.29. The molecule has 1 fully saturated rings. The fraction of sp³-hybridized carbons (Fsp3) is 0.700. The van der Waals surface area contributed by atoms with Gasteiger partial charge in [-0.25, -0.2) is 4.98 Å². The molecule has 0 amide bonds. The molecule has 1 aliphatic carbocycles. The first-order chi connectivity index (χ1) is 7.25. The smallest absolute Gasteiger partial charge is 0.183 e. The van der Waals surface area contributed by atoms with Crippen molar-refractivity contribution in [2.75, 3.05) is 0 Å². The van der Waals surface area contributed by atoms with Gasteiger partial charge in [-0.15, -0.1) is 11.3 Å². The van der Waals surface area contributed by atoms with E-state index in [0.717, 1.165) is 13.0 Å². The van der Waals surface area contributed by atoms with Crippen LogP contribution in [0.3, 0.4) is 0 Å². The second-order valence-electron chi connectivity index (χ2n) is 4.02. The Kier molecular flexibility index (Phi) is 3.97. The Morgan fingerprint density at radius 2 is 2.33 bits per heavy atom. The molecule has 0 unspecified atom stereocenters. The summed E-state index contributed by atoms with van der Waals surface area (Å²) in [4.78, 5) is 5.19. The van der Waals surface area contributed by atoms with E-state index in [9.17, 15) is 0 Å². The maximum Gasteiger partial charge on any atom is 0.183 e. The summed E-state index contributed by atoms with van der Waals surface area (Å²) in [5, 5.41) is 3.49. The summed E-state index contributed by atoms with van der Waals surface area (Å²) in [5.74, 6) is 0. The van der Waals surface area contributed by atoms with Crippen molar-refractivity contribution < 1.29 is 0 Å². The molecule has 1 aromatic heterocycles. The molecule has 0 aromatic carbocycles. The average Bonchev–Trinajstić information content (AvgIpc) is 2.63. The molecule has 5 heteroatoms. The molecule has 84 valence electrons. The number of nitrogens with two attached hydrogens (primary N) is 1. The van der Waals surface area contributed by atoms with E-state index in [0.29, 0.717) is 16.6 Å². The van der Waals surface area contributed by atoms with Crippen molar-refractivity contribution in [3.05, 3.63) is 15.5 Å². The van der Waals surface area contributed by atoms with Crippen molar-refractivity contribution in [3.8, 4) is 0 Å². The maximum atomic E-state index is 6.05. The van der Waals surface area contributed by atoms with Gasteiger partial charge in [0.1, 0.15) is 0 Å². The number of halogens is 1. The Morgan fingerprint density at radius 1 is 1.53 bits per heavy atom. The van der Waals surface area contributed by atoms with E-state index >= 15 is 0 Å². The van der Waals surface area contributed by atoms with Gasteiger partial charge in [-0.05, 0) is 12.8 Å². The third-order valence-corrected chi connectivity index (χ3v) is 4.00. The monoisotopic (exact) mass is 245 g/mol. The lowest BCUT2D eigenvalue weighted by molar-refractivity contribution is 0.327. The molecule has 0 aliphatic heterocycles. The quantitative estimate of drug-likeness (QED) is 0.858. The number of rotatable bonds is 3. The summed E-state index contributed by atoms with van der Waals surface area (Å²) < 4.78 is 0.611. The van der Waals surface area contributed by atoms with Gasteiger partial charge in [-0.2, -0.15) is 0 Å². The molecule has 3 nitrogen and oxygen atoms in total. The summed E-state index contributed by atoms with van der Waals surface area (Å²) in [6.07, 6.45) is 6.71. The van der Waals surface area contributed by atoms with E-state index in [1.165, 1.54) is 35.5 Å². The molecular formula is C10H16ClN3S. The van der Waals surface area contributed by atoms with E-state index in [2.05, 4.69) is 10.3 Å². The third kappa shape index (κ3) is 3.14. The normalized spacial score (nSPS) is 26.8. The van der Waals surface area contributed by atoms with Gasteiger partial charge in [0.25, 0.3) is 0 Å². The number of aromatic nitrogens is 1. The van der Waals surface area contributed by atoms with Crippen LogP contribution in [0, 0.1) is 0 Å². The van der Waals surface area contributed by atoms with Crippen molar-refractivity contribution in [1.82, 2.24) is 10.3 Å². The summed E-state index contributed by atoms with van der Waals surface area (Å²) in [6.45, 7) is 0.836. The first-order valence-corrected chi connectivity index (χ1v) is 6.54. The van der Waals surface area contributed by atoms with Crippen LogP contribution >= 0.6 is 22.9 Å². The van der Waals surface area contributed by atoms with Gasteiger partial charge >= 0.3 is 0 Å². The van der Waals surface area contributed by atoms with Crippen LogP contribution < -0.4 is 11.1 Å². The second-order valence-corrected chi connectivity index (χ2v) is 5.71. The number of hydrogen-bond acceptors (Lipinski definition) is 4. The molecule has 0 saturated heterocycles. The molecule has 0 bridgehead atoms. The Labute approximate surface area is 99.0 Å². The first-order valence-electron chi connectivity index (χ1n) is 5.35. The third-order valence-electron chi connectivity index (χ3n) is 2.88. The van der Waals surface area contributed by atoms with Crippen molar-refractivity contribution in [3.63, 3.8) is 0 Å². The fourth-order valence-electron chi connectivity index (χ4n) is 2.01. The Morgan fingerprint density at radius 3 is 3.00 bits per heavy atom. The molecular weight excluding hydrogens is 230 g/mol. The highest BCUT2D eigenvalue weighted by molar-refractivity contribution is 7.15. The zero-order chi connectivity index (χ0) is 10.7. The van der Waals surface area contributed by atoms with E-state index in [-0.39, 0.29) is 0 Å². The van der Waals surface area contributed by atoms with E-state index in [1.807, 2.05) is 6.20 Å². The molecule has 0 spiro atoms. The summed E-state index contributed by atoms with van der Waals surface area (Å²) in [6, 6.07) is 0.766. The number of hydrogen-bond donors (Lipinski definition) is 2. The van der Waals surface area contributed by atoms with E-state index in [4.69, 9.17) is 17.3 Å². The van der Waals surface area contributed by atoms with Gasteiger partial charge in [0.05, 0.1) is 0 Å². The van der Waals surface area contributed by atoms with Gasteiger partial charge in [-0.3, -0.25) is 0 Å². The Balaban J connectivity index is 1.81.